The van der Waals surface area contributed by atoms with Gasteiger partial charge in [0.15, 0.2) is 0 Å². The standard InChI is InChI=1S/C19H13BrCl2N2O2S2/c20-12-3-1-2-11(6-12)7-16-18(26)24(19(27)28-16)5-4-17(25)23-15-9-13(21)8-14(22)10-15/h1-3,6-10H,4-5H2,(H,23,25). The van der Waals surface area contributed by atoms with Crippen molar-refractivity contribution >= 4 is 91.0 Å². The largest absolute Gasteiger partial charge is 0.326 e. The molecule has 0 spiro atoms. The van der Waals surface area contributed by atoms with E-state index in [0.29, 0.717) is 25.0 Å². The van der Waals surface area contributed by atoms with Gasteiger partial charge < -0.3 is 5.32 Å². The first-order valence-corrected chi connectivity index (χ1v) is 10.9. The van der Waals surface area contributed by atoms with Crippen molar-refractivity contribution in [1.29, 1.82) is 0 Å². The average molecular weight is 516 g/mol. The van der Waals surface area contributed by atoms with Gasteiger partial charge in [-0.25, -0.2) is 0 Å². The van der Waals surface area contributed by atoms with E-state index in [1.54, 1.807) is 24.3 Å². The molecule has 1 N–H and O–H groups in total. The Hall–Kier alpha value is -1.38. The van der Waals surface area contributed by atoms with Crippen LogP contribution in [0.15, 0.2) is 51.8 Å². The van der Waals surface area contributed by atoms with Gasteiger partial charge in [0.05, 0.1) is 4.91 Å². The molecule has 1 fully saturated rings. The highest BCUT2D eigenvalue weighted by atomic mass is 79.9. The van der Waals surface area contributed by atoms with Gasteiger partial charge in [-0.3, -0.25) is 14.5 Å². The minimum Gasteiger partial charge on any atom is -0.326 e. The number of thioether (sulfide) groups is 1. The molecule has 28 heavy (non-hydrogen) atoms. The van der Waals surface area contributed by atoms with Gasteiger partial charge in [0.1, 0.15) is 4.32 Å². The predicted molar refractivity (Wildman–Crippen MR) is 124 cm³/mol. The summed E-state index contributed by atoms with van der Waals surface area (Å²) in [5, 5.41) is 3.58. The zero-order chi connectivity index (χ0) is 20.3. The summed E-state index contributed by atoms with van der Waals surface area (Å²) in [5.41, 5.74) is 1.40. The summed E-state index contributed by atoms with van der Waals surface area (Å²) >= 11 is 21.8. The van der Waals surface area contributed by atoms with E-state index >= 15 is 0 Å². The number of nitrogens with one attached hydrogen (secondary N) is 1. The van der Waals surface area contributed by atoms with Crippen LogP contribution in [0.5, 0.6) is 0 Å². The Balaban J connectivity index is 1.62. The molecule has 0 bridgehead atoms. The summed E-state index contributed by atoms with van der Waals surface area (Å²) in [6, 6.07) is 12.4. The van der Waals surface area contributed by atoms with E-state index in [1.807, 2.05) is 24.3 Å². The quantitative estimate of drug-likeness (QED) is 0.392. The molecule has 3 rings (SSSR count). The Bertz CT molecular complexity index is 977. The van der Waals surface area contributed by atoms with E-state index in [2.05, 4.69) is 21.2 Å². The third-order valence-electron chi connectivity index (χ3n) is 3.73. The number of rotatable bonds is 5. The molecule has 1 aliphatic rings. The van der Waals surface area contributed by atoms with Crippen molar-refractivity contribution in [2.24, 2.45) is 0 Å². The van der Waals surface area contributed by atoms with Gasteiger partial charge in [0.25, 0.3) is 5.91 Å². The molecule has 0 atom stereocenters. The molecule has 9 heteroatoms. The average Bonchev–Trinajstić information content (AvgIpc) is 2.85. The molecule has 0 aliphatic carbocycles. The van der Waals surface area contributed by atoms with E-state index in [-0.39, 0.29) is 24.8 Å². The molecular formula is C19H13BrCl2N2O2S2. The van der Waals surface area contributed by atoms with Gasteiger partial charge in [-0.05, 0) is 42.0 Å². The molecule has 1 heterocycles. The molecule has 4 nitrogen and oxygen atoms in total. The smallest absolute Gasteiger partial charge is 0.266 e. The second-order valence-corrected chi connectivity index (χ2v) is 9.31. The van der Waals surface area contributed by atoms with Crippen LogP contribution in [0.1, 0.15) is 12.0 Å². The summed E-state index contributed by atoms with van der Waals surface area (Å²) in [5.74, 6) is -0.461. The highest BCUT2D eigenvalue weighted by molar-refractivity contribution is 9.10. The first-order valence-electron chi connectivity index (χ1n) is 8.09. The van der Waals surface area contributed by atoms with Crippen LogP contribution in [0.25, 0.3) is 6.08 Å². The van der Waals surface area contributed by atoms with Crippen LogP contribution in [-0.2, 0) is 9.59 Å². The van der Waals surface area contributed by atoms with Crippen LogP contribution < -0.4 is 5.32 Å². The third kappa shape index (κ3) is 5.58. The normalized spacial score (nSPS) is 15.4. The van der Waals surface area contributed by atoms with E-state index in [9.17, 15) is 9.59 Å². The lowest BCUT2D eigenvalue weighted by molar-refractivity contribution is -0.122. The lowest BCUT2D eigenvalue weighted by atomic mass is 10.2. The SMILES string of the molecule is O=C(CCN1C(=O)C(=Cc2cccc(Br)c2)SC1=S)Nc1cc(Cl)cc(Cl)c1. The van der Waals surface area contributed by atoms with Crippen LogP contribution >= 0.6 is 63.1 Å². The van der Waals surface area contributed by atoms with Crippen LogP contribution in [0, 0.1) is 0 Å². The zero-order valence-corrected chi connectivity index (χ0v) is 19.0. The maximum absolute atomic E-state index is 12.6. The van der Waals surface area contributed by atoms with Crippen molar-refractivity contribution in [3.8, 4) is 0 Å². The fourth-order valence-electron chi connectivity index (χ4n) is 2.50. The van der Waals surface area contributed by atoms with E-state index in [4.69, 9.17) is 35.4 Å². The Morgan fingerprint density at radius 2 is 1.93 bits per heavy atom. The number of halogens is 3. The molecule has 1 saturated heterocycles. The molecule has 144 valence electrons. The molecule has 2 aromatic rings. The van der Waals surface area contributed by atoms with Crippen molar-refractivity contribution in [2.45, 2.75) is 6.42 Å². The van der Waals surface area contributed by atoms with Gasteiger partial charge in [-0.2, -0.15) is 0 Å². The molecule has 2 aromatic carbocycles. The Labute approximate surface area is 190 Å². The number of hydrogen-bond acceptors (Lipinski definition) is 4. The monoisotopic (exact) mass is 514 g/mol. The number of carbonyl (C=O) groups excluding carboxylic acids is 2. The molecule has 0 unspecified atom stereocenters. The second-order valence-electron chi connectivity index (χ2n) is 5.84. The van der Waals surface area contributed by atoms with Crippen molar-refractivity contribution in [3.05, 3.63) is 67.5 Å². The highest BCUT2D eigenvalue weighted by Crippen LogP contribution is 2.33. The van der Waals surface area contributed by atoms with Gasteiger partial charge >= 0.3 is 0 Å². The maximum atomic E-state index is 12.6. The number of nitrogens with zero attached hydrogens (tertiary/aromatic N) is 1. The third-order valence-corrected chi connectivity index (χ3v) is 6.04. The summed E-state index contributed by atoms with van der Waals surface area (Å²) in [4.78, 5) is 26.8. The van der Waals surface area contributed by atoms with Crippen molar-refractivity contribution in [1.82, 2.24) is 4.90 Å². The van der Waals surface area contributed by atoms with Gasteiger partial charge in [0, 0.05) is 33.2 Å². The van der Waals surface area contributed by atoms with Crippen molar-refractivity contribution < 1.29 is 9.59 Å². The molecule has 1 aliphatic heterocycles. The van der Waals surface area contributed by atoms with E-state index < -0.39 is 0 Å². The summed E-state index contributed by atoms with van der Waals surface area (Å²) in [7, 11) is 0. The summed E-state index contributed by atoms with van der Waals surface area (Å²) < 4.78 is 1.36. The van der Waals surface area contributed by atoms with Crippen LogP contribution in [0.4, 0.5) is 5.69 Å². The minimum atomic E-state index is -0.261. The van der Waals surface area contributed by atoms with E-state index in [0.717, 1.165) is 10.0 Å². The molecule has 2 amide bonds. The van der Waals surface area contributed by atoms with Crippen molar-refractivity contribution in [3.63, 3.8) is 0 Å². The minimum absolute atomic E-state index is 0.0980. The first kappa shape index (κ1) is 21.3. The highest BCUT2D eigenvalue weighted by Gasteiger charge is 2.32. The Morgan fingerprint density at radius 3 is 2.61 bits per heavy atom. The fraction of sp³-hybridized carbons (Fsp3) is 0.105. The Morgan fingerprint density at radius 1 is 1.21 bits per heavy atom. The topological polar surface area (TPSA) is 49.4 Å². The molecule has 0 saturated carbocycles. The van der Waals surface area contributed by atoms with E-state index in [1.165, 1.54) is 16.7 Å². The fourth-order valence-corrected chi connectivity index (χ4v) is 4.75. The van der Waals surface area contributed by atoms with Gasteiger partial charge in [-0.1, -0.05) is 75.2 Å². The van der Waals surface area contributed by atoms with Crippen LogP contribution in [0.2, 0.25) is 10.0 Å². The number of benzene rings is 2. The van der Waals surface area contributed by atoms with Gasteiger partial charge in [0.2, 0.25) is 5.91 Å². The molecular weight excluding hydrogens is 503 g/mol. The molecule has 0 aromatic heterocycles. The number of amides is 2. The summed E-state index contributed by atoms with van der Waals surface area (Å²) in [6.07, 6.45) is 1.89. The van der Waals surface area contributed by atoms with Crippen molar-refractivity contribution in [2.75, 3.05) is 11.9 Å². The van der Waals surface area contributed by atoms with Gasteiger partial charge in [-0.15, -0.1) is 0 Å². The lowest BCUT2D eigenvalue weighted by Crippen LogP contribution is -2.31. The number of hydrogen-bond donors (Lipinski definition) is 1. The predicted octanol–water partition coefficient (Wildman–Crippen LogP) is 5.99. The maximum Gasteiger partial charge on any atom is 0.266 e. The van der Waals surface area contributed by atoms with Crippen LogP contribution in [-0.4, -0.2) is 27.6 Å². The number of anilines is 1. The first-order chi connectivity index (χ1) is 13.3. The van der Waals surface area contributed by atoms with Crippen LogP contribution in [0.3, 0.4) is 0 Å². The lowest BCUT2D eigenvalue weighted by Gasteiger charge is -2.14. The second kappa shape index (κ2) is 9.41. The molecule has 0 radical (unpaired) electrons. The zero-order valence-electron chi connectivity index (χ0n) is 14.2. The number of thiocarbonyl (C=S) groups is 1. The Kier molecular flexibility index (Phi) is 7.17. The summed E-state index contributed by atoms with van der Waals surface area (Å²) in [6.45, 7) is 0.195. The number of carbonyl (C=O) groups is 2.